The summed E-state index contributed by atoms with van der Waals surface area (Å²) in [7, 11) is 3.45. The summed E-state index contributed by atoms with van der Waals surface area (Å²) in [5.41, 5.74) is 0.945. The van der Waals surface area contributed by atoms with Crippen molar-refractivity contribution in [2.75, 3.05) is 40.3 Å². The molecule has 26 heavy (non-hydrogen) atoms. The Morgan fingerprint density at radius 1 is 1.31 bits per heavy atom. The number of hydrogen-bond acceptors (Lipinski definition) is 3. The lowest BCUT2D eigenvalue weighted by atomic mass is 10.0. The highest BCUT2D eigenvalue weighted by atomic mass is 19.1. The van der Waals surface area contributed by atoms with Gasteiger partial charge in [0.05, 0.1) is 6.10 Å². The van der Waals surface area contributed by atoms with E-state index in [-0.39, 0.29) is 11.9 Å². The summed E-state index contributed by atoms with van der Waals surface area (Å²) in [5, 5.41) is 6.85. The number of nitrogens with zero attached hydrogens (tertiary/aromatic N) is 2. The van der Waals surface area contributed by atoms with Gasteiger partial charge in [-0.25, -0.2) is 4.39 Å². The molecule has 1 aliphatic rings. The van der Waals surface area contributed by atoms with Gasteiger partial charge in [-0.1, -0.05) is 25.5 Å². The number of nitrogens with one attached hydrogen (secondary N) is 2. The molecule has 1 aromatic carbocycles. The Hall–Kier alpha value is -1.66. The molecule has 1 unspecified atom stereocenters. The molecule has 1 heterocycles. The van der Waals surface area contributed by atoms with Gasteiger partial charge in [-0.15, -0.1) is 0 Å². The predicted molar refractivity (Wildman–Crippen MR) is 105 cm³/mol. The van der Waals surface area contributed by atoms with Gasteiger partial charge in [0, 0.05) is 39.8 Å². The van der Waals surface area contributed by atoms with Crippen molar-refractivity contribution in [1.82, 2.24) is 15.5 Å². The fourth-order valence-corrected chi connectivity index (χ4v) is 3.27. The lowest BCUT2D eigenvalue weighted by Gasteiger charge is -2.33. The second-order valence-electron chi connectivity index (χ2n) is 6.84. The van der Waals surface area contributed by atoms with Crippen molar-refractivity contribution >= 4 is 5.96 Å². The van der Waals surface area contributed by atoms with Crippen LogP contribution in [-0.2, 0) is 4.74 Å². The average Bonchev–Trinajstić information content (AvgIpc) is 2.68. The van der Waals surface area contributed by atoms with Crippen molar-refractivity contribution in [2.24, 2.45) is 4.99 Å². The summed E-state index contributed by atoms with van der Waals surface area (Å²) in [6, 6.07) is 6.88. The minimum absolute atomic E-state index is 0.148. The number of ether oxygens (including phenoxy) is 1. The van der Waals surface area contributed by atoms with Crippen LogP contribution in [0.3, 0.4) is 0 Å². The third-order valence-corrected chi connectivity index (χ3v) is 4.96. The number of aliphatic imine (C=N–C) groups is 1. The maximum Gasteiger partial charge on any atom is 0.191 e. The lowest BCUT2D eigenvalue weighted by molar-refractivity contribution is 0.106. The first-order valence-corrected chi connectivity index (χ1v) is 9.64. The van der Waals surface area contributed by atoms with Crippen molar-refractivity contribution in [3.05, 3.63) is 35.6 Å². The molecule has 0 radical (unpaired) electrons. The molecule has 1 aromatic rings. The van der Waals surface area contributed by atoms with Crippen LogP contribution in [0.15, 0.2) is 29.3 Å². The topological polar surface area (TPSA) is 48.9 Å². The van der Waals surface area contributed by atoms with Gasteiger partial charge < -0.3 is 20.3 Å². The van der Waals surface area contributed by atoms with Crippen LogP contribution < -0.4 is 10.6 Å². The number of piperidine rings is 1. The summed E-state index contributed by atoms with van der Waals surface area (Å²) in [6.45, 7) is 6.32. The Kier molecular flexibility index (Phi) is 8.85. The van der Waals surface area contributed by atoms with E-state index in [4.69, 9.17) is 4.74 Å². The summed E-state index contributed by atoms with van der Waals surface area (Å²) in [4.78, 5) is 6.88. The Morgan fingerprint density at radius 2 is 2.00 bits per heavy atom. The van der Waals surface area contributed by atoms with Crippen LogP contribution in [0.2, 0.25) is 0 Å². The molecule has 0 bridgehead atoms. The van der Waals surface area contributed by atoms with E-state index in [0.717, 1.165) is 37.5 Å². The standard InChI is InChI=1S/C20H33FN4O/c1-4-5-12-25-13-10-18(11-14-25)24-20(22-2)23-15-19(26-3)16-6-8-17(21)9-7-16/h6-9,18-19H,4-5,10-15H2,1-3H3,(H2,22,23,24). The van der Waals surface area contributed by atoms with Gasteiger partial charge in [0.1, 0.15) is 5.82 Å². The second kappa shape index (κ2) is 11.1. The molecule has 0 spiro atoms. The minimum atomic E-state index is -0.237. The number of halogens is 1. The van der Waals surface area contributed by atoms with Gasteiger partial charge in [-0.3, -0.25) is 4.99 Å². The van der Waals surface area contributed by atoms with E-state index in [1.807, 2.05) is 0 Å². The third kappa shape index (κ3) is 6.57. The van der Waals surface area contributed by atoms with Crippen molar-refractivity contribution in [3.8, 4) is 0 Å². The van der Waals surface area contributed by atoms with Crippen LogP contribution in [0.25, 0.3) is 0 Å². The van der Waals surface area contributed by atoms with Crippen LogP contribution >= 0.6 is 0 Å². The van der Waals surface area contributed by atoms with Crippen molar-refractivity contribution in [3.63, 3.8) is 0 Å². The number of likely N-dealkylation sites (tertiary alicyclic amines) is 1. The lowest BCUT2D eigenvalue weighted by Crippen LogP contribution is -2.49. The van der Waals surface area contributed by atoms with Gasteiger partial charge in [0.25, 0.3) is 0 Å². The number of rotatable bonds is 8. The minimum Gasteiger partial charge on any atom is -0.375 e. The highest BCUT2D eigenvalue weighted by Crippen LogP contribution is 2.16. The van der Waals surface area contributed by atoms with Crippen molar-refractivity contribution < 1.29 is 9.13 Å². The van der Waals surface area contributed by atoms with Crippen LogP contribution in [0.5, 0.6) is 0 Å². The molecule has 0 aliphatic carbocycles. The van der Waals surface area contributed by atoms with Crippen molar-refractivity contribution in [1.29, 1.82) is 0 Å². The zero-order valence-corrected chi connectivity index (χ0v) is 16.3. The molecule has 2 N–H and O–H groups in total. The van der Waals surface area contributed by atoms with Gasteiger partial charge in [0.15, 0.2) is 5.96 Å². The number of guanidine groups is 1. The first-order valence-electron chi connectivity index (χ1n) is 9.64. The molecular formula is C20H33FN4O. The summed E-state index contributed by atoms with van der Waals surface area (Å²) in [5.74, 6) is 0.556. The zero-order chi connectivity index (χ0) is 18.8. The van der Waals surface area contributed by atoms with E-state index >= 15 is 0 Å². The average molecular weight is 365 g/mol. The first-order chi connectivity index (χ1) is 12.7. The van der Waals surface area contributed by atoms with Gasteiger partial charge in [0.2, 0.25) is 0 Å². The first kappa shape index (κ1) is 20.6. The second-order valence-corrected chi connectivity index (χ2v) is 6.84. The molecule has 0 saturated carbocycles. The highest BCUT2D eigenvalue weighted by molar-refractivity contribution is 5.80. The predicted octanol–water partition coefficient (Wildman–Crippen LogP) is 2.94. The molecule has 146 valence electrons. The highest BCUT2D eigenvalue weighted by Gasteiger charge is 2.20. The fraction of sp³-hybridized carbons (Fsp3) is 0.650. The number of benzene rings is 1. The monoisotopic (exact) mass is 364 g/mol. The molecule has 1 saturated heterocycles. The fourth-order valence-electron chi connectivity index (χ4n) is 3.27. The Morgan fingerprint density at radius 3 is 2.58 bits per heavy atom. The third-order valence-electron chi connectivity index (χ3n) is 4.96. The van der Waals surface area contributed by atoms with Crippen LogP contribution in [0, 0.1) is 5.82 Å². The molecule has 2 rings (SSSR count). The molecule has 1 fully saturated rings. The molecule has 6 heteroatoms. The molecule has 0 amide bonds. The number of methoxy groups -OCH3 is 1. The molecule has 5 nitrogen and oxygen atoms in total. The summed E-state index contributed by atoms with van der Waals surface area (Å²) < 4.78 is 18.6. The number of hydrogen-bond donors (Lipinski definition) is 2. The maximum atomic E-state index is 13.1. The van der Waals surface area contributed by atoms with E-state index < -0.39 is 0 Å². The SMILES string of the molecule is CCCCN1CCC(NC(=NC)NCC(OC)c2ccc(F)cc2)CC1. The Balaban J connectivity index is 1.77. The van der Waals surface area contributed by atoms with Crippen LogP contribution in [0.4, 0.5) is 4.39 Å². The largest absolute Gasteiger partial charge is 0.375 e. The van der Waals surface area contributed by atoms with E-state index in [9.17, 15) is 4.39 Å². The van der Waals surface area contributed by atoms with Crippen LogP contribution in [-0.4, -0.2) is 57.2 Å². The van der Waals surface area contributed by atoms with E-state index in [1.165, 1.54) is 31.5 Å². The summed E-state index contributed by atoms with van der Waals surface area (Å²) >= 11 is 0. The quantitative estimate of drug-likeness (QED) is 0.550. The number of unbranched alkanes of at least 4 members (excludes halogenated alkanes) is 1. The molecule has 1 atom stereocenters. The normalized spacial score (nSPS) is 17.9. The maximum absolute atomic E-state index is 13.1. The Bertz CT molecular complexity index is 541. The van der Waals surface area contributed by atoms with Gasteiger partial charge >= 0.3 is 0 Å². The van der Waals surface area contributed by atoms with Gasteiger partial charge in [-0.2, -0.15) is 0 Å². The molecular weight excluding hydrogens is 331 g/mol. The smallest absolute Gasteiger partial charge is 0.191 e. The van der Waals surface area contributed by atoms with Crippen LogP contribution in [0.1, 0.15) is 44.3 Å². The van der Waals surface area contributed by atoms with Crippen molar-refractivity contribution in [2.45, 2.75) is 44.8 Å². The van der Waals surface area contributed by atoms with E-state index in [2.05, 4.69) is 27.4 Å². The molecule has 1 aliphatic heterocycles. The van der Waals surface area contributed by atoms with E-state index in [1.54, 1.807) is 26.3 Å². The Labute approximate surface area is 157 Å². The van der Waals surface area contributed by atoms with Gasteiger partial charge in [-0.05, 0) is 43.5 Å². The van der Waals surface area contributed by atoms with E-state index in [0.29, 0.717) is 12.6 Å². The zero-order valence-electron chi connectivity index (χ0n) is 16.3. The molecule has 0 aromatic heterocycles. The summed E-state index contributed by atoms with van der Waals surface area (Å²) in [6.07, 6.45) is 4.66.